The van der Waals surface area contributed by atoms with Gasteiger partial charge in [-0.3, -0.25) is 4.90 Å². The molecular weight excluding hydrogens is 220 g/mol. The van der Waals surface area contributed by atoms with Gasteiger partial charge < -0.3 is 4.98 Å². The Morgan fingerprint density at radius 3 is 3.11 bits per heavy atom. The van der Waals surface area contributed by atoms with E-state index >= 15 is 0 Å². The van der Waals surface area contributed by atoms with E-state index in [1.807, 2.05) is 0 Å². The maximum atomic E-state index is 3.42. The van der Waals surface area contributed by atoms with Crippen LogP contribution in [0.5, 0.6) is 0 Å². The number of hydrogen-bond donors (Lipinski definition) is 1. The molecule has 1 N–H and O–H groups in total. The van der Waals surface area contributed by atoms with Gasteiger partial charge in [-0.1, -0.05) is 23.8 Å². The van der Waals surface area contributed by atoms with E-state index in [0.717, 1.165) is 6.54 Å². The Labute approximate surface area is 107 Å². The molecule has 0 radical (unpaired) electrons. The first kappa shape index (κ1) is 10.4. The van der Waals surface area contributed by atoms with Crippen LogP contribution in [0.15, 0.2) is 36.0 Å². The third-order valence-corrected chi connectivity index (χ3v) is 4.55. The van der Waals surface area contributed by atoms with Crippen molar-refractivity contribution < 1.29 is 0 Å². The number of H-pyrrole nitrogens is 1. The van der Waals surface area contributed by atoms with E-state index in [4.69, 9.17) is 0 Å². The molecule has 0 amide bonds. The highest BCUT2D eigenvalue weighted by Crippen LogP contribution is 2.41. The number of hydrogen-bond acceptors (Lipinski definition) is 1. The lowest BCUT2D eigenvalue weighted by Gasteiger charge is -2.40. The standard InChI is InChI=1S/C16H18N2/c1-10-6-13-12-4-3-5-14-16(12)11(8-17-14)7-15(13)18(2)9-10/h3-6,8,13,15,17H,7,9H2,1-2H3/t13-,15-/m1/s1. The summed E-state index contributed by atoms with van der Waals surface area (Å²) in [6.07, 6.45) is 5.85. The SMILES string of the molecule is CC1=C[C@@H]2c3cccc4[nH]cc(c34)C[C@H]2N(C)C1. The van der Waals surface area contributed by atoms with Crippen molar-refractivity contribution in [3.05, 3.63) is 47.2 Å². The fourth-order valence-corrected chi connectivity index (χ4v) is 3.78. The first-order valence-electron chi connectivity index (χ1n) is 6.70. The van der Waals surface area contributed by atoms with Gasteiger partial charge in [0.15, 0.2) is 0 Å². The Morgan fingerprint density at radius 1 is 1.33 bits per heavy atom. The van der Waals surface area contributed by atoms with Crippen LogP contribution in [0.2, 0.25) is 0 Å². The molecule has 1 aliphatic heterocycles. The summed E-state index contributed by atoms with van der Waals surface area (Å²) in [5.41, 5.74) is 5.78. The van der Waals surface area contributed by atoms with Crippen LogP contribution in [-0.4, -0.2) is 29.5 Å². The van der Waals surface area contributed by atoms with Crippen molar-refractivity contribution in [1.82, 2.24) is 9.88 Å². The number of rotatable bonds is 0. The van der Waals surface area contributed by atoms with Gasteiger partial charge in [-0.05, 0) is 37.6 Å². The van der Waals surface area contributed by atoms with E-state index in [2.05, 4.69) is 54.3 Å². The quantitative estimate of drug-likeness (QED) is 0.699. The molecule has 2 heteroatoms. The number of likely N-dealkylation sites (N-methyl/N-ethyl adjacent to an activating group) is 1. The van der Waals surface area contributed by atoms with Crippen LogP contribution in [0, 0.1) is 0 Å². The molecule has 0 saturated heterocycles. The van der Waals surface area contributed by atoms with Crippen LogP contribution >= 0.6 is 0 Å². The van der Waals surface area contributed by atoms with E-state index in [1.54, 1.807) is 0 Å². The van der Waals surface area contributed by atoms with Crippen molar-refractivity contribution in [2.75, 3.05) is 13.6 Å². The molecule has 92 valence electrons. The van der Waals surface area contributed by atoms with Gasteiger partial charge in [0.05, 0.1) is 0 Å². The van der Waals surface area contributed by atoms with E-state index in [9.17, 15) is 0 Å². The highest BCUT2D eigenvalue weighted by molar-refractivity contribution is 5.88. The van der Waals surface area contributed by atoms with Gasteiger partial charge in [-0.2, -0.15) is 0 Å². The van der Waals surface area contributed by atoms with E-state index in [0.29, 0.717) is 12.0 Å². The van der Waals surface area contributed by atoms with E-state index < -0.39 is 0 Å². The molecule has 4 rings (SSSR count). The monoisotopic (exact) mass is 238 g/mol. The van der Waals surface area contributed by atoms with Gasteiger partial charge in [0.25, 0.3) is 0 Å². The lowest BCUT2D eigenvalue weighted by Crippen LogP contribution is -2.43. The van der Waals surface area contributed by atoms with Crippen LogP contribution in [0.4, 0.5) is 0 Å². The molecule has 18 heavy (non-hydrogen) atoms. The van der Waals surface area contributed by atoms with Gasteiger partial charge in [0, 0.05) is 35.6 Å². The van der Waals surface area contributed by atoms with Crippen molar-refractivity contribution in [3.63, 3.8) is 0 Å². The second-order valence-electron chi connectivity index (χ2n) is 5.81. The Kier molecular flexibility index (Phi) is 2.01. The molecule has 1 aromatic heterocycles. The molecule has 1 aromatic carbocycles. The zero-order valence-corrected chi connectivity index (χ0v) is 10.9. The number of aromatic nitrogens is 1. The molecular formula is C16H18N2. The second-order valence-corrected chi connectivity index (χ2v) is 5.81. The zero-order chi connectivity index (χ0) is 12.3. The van der Waals surface area contributed by atoms with E-state index in [-0.39, 0.29) is 0 Å². The number of benzene rings is 1. The zero-order valence-electron chi connectivity index (χ0n) is 10.9. The summed E-state index contributed by atoms with van der Waals surface area (Å²) in [6, 6.07) is 7.30. The summed E-state index contributed by atoms with van der Waals surface area (Å²) in [7, 11) is 2.26. The number of nitrogens with zero attached hydrogens (tertiary/aromatic N) is 1. The fourth-order valence-electron chi connectivity index (χ4n) is 3.78. The molecule has 2 nitrogen and oxygen atoms in total. The Balaban J connectivity index is 1.99. The molecule has 0 fully saturated rings. The maximum absolute atomic E-state index is 3.42. The third kappa shape index (κ3) is 1.27. The second kappa shape index (κ2) is 3.48. The van der Waals surface area contributed by atoms with Crippen LogP contribution in [-0.2, 0) is 6.42 Å². The average molecular weight is 238 g/mol. The topological polar surface area (TPSA) is 19.0 Å². The summed E-state index contributed by atoms with van der Waals surface area (Å²) in [4.78, 5) is 5.93. The van der Waals surface area contributed by atoms with Gasteiger partial charge in [0.2, 0.25) is 0 Å². The lowest BCUT2D eigenvalue weighted by atomic mass is 9.77. The fraction of sp³-hybridized carbons (Fsp3) is 0.375. The van der Waals surface area contributed by atoms with Crippen LogP contribution in [0.3, 0.4) is 0 Å². The smallest absolute Gasteiger partial charge is 0.0459 e. The van der Waals surface area contributed by atoms with Crippen molar-refractivity contribution in [3.8, 4) is 0 Å². The van der Waals surface area contributed by atoms with Crippen LogP contribution < -0.4 is 0 Å². The predicted molar refractivity (Wildman–Crippen MR) is 74.9 cm³/mol. The number of fused-ring (bicyclic) bond motifs is 2. The summed E-state index contributed by atoms with van der Waals surface area (Å²) in [5.74, 6) is 0.566. The minimum atomic E-state index is 0.566. The molecule has 2 atom stereocenters. The predicted octanol–water partition coefficient (Wildman–Crippen LogP) is 3.07. The van der Waals surface area contributed by atoms with Crippen LogP contribution in [0.1, 0.15) is 24.0 Å². The highest BCUT2D eigenvalue weighted by atomic mass is 15.1. The van der Waals surface area contributed by atoms with Crippen molar-refractivity contribution in [2.45, 2.75) is 25.3 Å². The van der Waals surface area contributed by atoms with Gasteiger partial charge in [-0.15, -0.1) is 0 Å². The maximum Gasteiger partial charge on any atom is 0.0459 e. The molecule has 1 aliphatic carbocycles. The Morgan fingerprint density at radius 2 is 2.22 bits per heavy atom. The average Bonchev–Trinajstić information content (AvgIpc) is 2.76. The molecule has 2 aromatic rings. The van der Waals surface area contributed by atoms with Gasteiger partial charge >= 0.3 is 0 Å². The molecule has 2 heterocycles. The molecule has 0 bridgehead atoms. The molecule has 0 saturated carbocycles. The lowest BCUT2D eigenvalue weighted by molar-refractivity contribution is 0.224. The van der Waals surface area contributed by atoms with Crippen LogP contribution in [0.25, 0.3) is 10.9 Å². The summed E-state index contributed by atoms with van der Waals surface area (Å²) in [6.45, 7) is 3.36. The summed E-state index contributed by atoms with van der Waals surface area (Å²) < 4.78 is 0. The van der Waals surface area contributed by atoms with Crippen molar-refractivity contribution >= 4 is 10.9 Å². The van der Waals surface area contributed by atoms with Gasteiger partial charge in [0.1, 0.15) is 0 Å². The van der Waals surface area contributed by atoms with Gasteiger partial charge in [-0.25, -0.2) is 0 Å². The third-order valence-electron chi connectivity index (χ3n) is 4.55. The molecule has 0 spiro atoms. The largest absolute Gasteiger partial charge is 0.361 e. The van der Waals surface area contributed by atoms with Crippen molar-refractivity contribution in [2.24, 2.45) is 0 Å². The first-order valence-corrected chi connectivity index (χ1v) is 6.70. The molecule has 0 unspecified atom stereocenters. The first-order chi connectivity index (χ1) is 8.74. The van der Waals surface area contributed by atoms with Crippen molar-refractivity contribution in [1.29, 1.82) is 0 Å². The normalized spacial score (nSPS) is 27.1. The Bertz CT molecular complexity index is 650. The highest BCUT2D eigenvalue weighted by Gasteiger charge is 2.34. The Hall–Kier alpha value is -1.54. The number of aromatic amines is 1. The summed E-state index contributed by atoms with van der Waals surface area (Å²) >= 11 is 0. The summed E-state index contributed by atoms with van der Waals surface area (Å²) in [5, 5.41) is 1.47. The number of nitrogens with one attached hydrogen (secondary N) is 1. The minimum absolute atomic E-state index is 0.566. The minimum Gasteiger partial charge on any atom is -0.361 e. The van der Waals surface area contributed by atoms with E-state index in [1.165, 1.54) is 34.0 Å². The molecule has 2 aliphatic rings.